The molecule has 0 aliphatic heterocycles. The predicted octanol–water partition coefficient (Wildman–Crippen LogP) is 1.32. The fourth-order valence-corrected chi connectivity index (χ4v) is 0.866. The molecule has 0 spiro atoms. The van der Waals surface area contributed by atoms with Crippen molar-refractivity contribution in [1.29, 1.82) is 0 Å². The van der Waals surface area contributed by atoms with Crippen LogP contribution in [-0.4, -0.2) is 30.8 Å². The van der Waals surface area contributed by atoms with Crippen molar-refractivity contribution in [2.45, 2.75) is 0 Å². The third-order valence-corrected chi connectivity index (χ3v) is 1.49. The topological polar surface area (TPSA) is 35.5 Å². The molecule has 0 fully saturated rings. The summed E-state index contributed by atoms with van der Waals surface area (Å²) < 4.78 is 0. The Labute approximate surface area is 72.6 Å². The van der Waals surface area contributed by atoms with Gasteiger partial charge in [-0.1, -0.05) is 12.1 Å². The number of phenols is 1. The molecule has 1 aromatic rings. The van der Waals surface area contributed by atoms with Crippen molar-refractivity contribution in [3.05, 3.63) is 24.3 Å². The van der Waals surface area contributed by atoms with E-state index >= 15 is 0 Å². The Morgan fingerprint density at radius 1 is 1.33 bits per heavy atom. The van der Waals surface area contributed by atoms with Crippen molar-refractivity contribution >= 4 is 5.69 Å². The number of anilines is 1. The molecule has 0 atom stereocenters. The van der Waals surface area contributed by atoms with Crippen molar-refractivity contribution in [1.82, 2.24) is 4.90 Å². The van der Waals surface area contributed by atoms with Gasteiger partial charge in [-0.2, -0.15) is 0 Å². The molecule has 0 aliphatic rings. The molecule has 0 amide bonds. The minimum atomic E-state index is 0.291. The van der Waals surface area contributed by atoms with Gasteiger partial charge in [0.05, 0.1) is 12.4 Å². The van der Waals surface area contributed by atoms with Crippen molar-refractivity contribution in [2.75, 3.05) is 26.1 Å². The number of benzene rings is 1. The minimum absolute atomic E-state index is 0.291. The first-order chi connectivity index (χ1) is 5.70. The second kappa shape index (κ2) is 3.97. The average Bonchev–Trinajstić information content (AvgIpc) is 2.03. The highest BCUT2D eigenvalue weighted by molar-refractivity contribution is 5.54. The maximum atomic E-state index is 9.34. The number of hydrogen-bond acceptors (Lipinski definition) is 3. The highest BCUT2D eigenvalue weighted by atomic mass is 16.3. The van der Waals surface area contributed by atoms with Crippen LogP contribution in [0.15, 0.2) is 24.3 Å². The Hall–Kier alpha value is -1.22. The molecular formula is C9H14N2O. The van der Waals surface area contributed by atoms with Crippen LogP contribution in [0, 0.1) is 0 Å². The number of nitrogens with one attached hydrogen (secondary N) is 1. The van der Waals surface area contributed by atoms with E-state index in [9.17, 15) is 5.11 Å². The summed E-state index contributed by atoms with van der Waals surface area (Å²) in [4.78, 5) is 1.99. The Kier molecular flexibility index (Phi) is 2.94. The summed E-state index contributed by atoms with van der Waals surface area (Å²) in [5.74, 6) is 0.291. The van der Waals surface area contributed by atoms with Crippen LogP contribution in [-0.2, 0) is 0 Å². The summed E-state index contributed by atoms with van der Waals surface area (Å²) in [5, 5.41) is 12.4. The number of nitrogens with zero attached hydrogens (tertiary/aromatic N) is 1. The summed E-state index contributed by atoms with van der Waals surface area (Å²) in [5.41, 5.74) is 0.770. The van der Waals surface area contributed by atoms with Crippen LogP contribution in [0.25, 0.3) is 0 Å². The second-order valence-corrected chi connectivity index (χ2v) is 2.93. The van der Waals surface area contributed by atoms with Crippen LogP contribution in [0.3, 0.4) is 0 Å². The van der Waals surface area contributed by atoms with E-state index in [1.54, 1.807) is 12.1 Å². The molecule has 1 aromatic carbocycles. The number of para-hydroxylation sites is 2. The fourth-order valence-electron chi connectivity index (χ4n) is 0.866. The van der Waals surface area contributed by atoms with Gasteiger partial charge in [0.2, 0.25) is 0 Å². The molecule has 12 heavy (non-hydrogen) atoms. The molecule has 0 aromatic heterocycles. The van der Waals surface area contributed by atoms with Gasteiger partial charge in [-0.25, -0.2) is 0 Å². The summed E-state index contributed by atoms with van der Waals surface area (Å²) in [6.45, 7) is 0.720. The predicted molar refractivity (Wildman–Crippen MR) is 50.3 cm³/mol. The second-order valence-electron chi connectivity index (χ2n) is 2.93. The number of rotatable bonds is 3. The Morgan fingerprint density at radius 3 is 2.58 bits per heavy atom. The summed E-state index contributed by atoms with van der Waals surface area (Å²) in [7, 11) is 3.93. The lowest BCUT2D eigenvalue weighted by molar-refractivity contribution is 0.436. The van der Waals surface area contributed by atoms with Crippen molar-refractivity contribution in [3.8, 4) is 5.75 Å². The van der Waals surface area contributed by atoms with E-state index in [1.807, 2.05) is 31.1 Å². The highest BCUT2D eigenvalue weighted by Gasteiger charge is 1.97. The monoisotopic (exact) mass is 166 g/mol. The molecule has 0 heterocycles. The molecule has 1 rings (SSSR count). The number of hydrogen-bond donors (Lipinski definition) is 2. The van der Waals surface area contributed by atoms with Crippen molar-refractivity contribution in [3.63, 3.8) is 0 Å². The van der Waals surface area contributed by atoms with E-state index in [0.717, 1.165) is 12.4 Å². The molecule has 3 heteroatoms. The van der Waals surface area contributed by atoms with Crippen LogP contribution >= 0.6 is 0 Å². The van der Waals surface area contributed by atoms with Crippen LogP contribution in [0.2, 0.25) is 0 Å². The van der Waals surface area contributed by atoms with E-state index in [2.05, 4.69) is 5.32 Å². The largest absolute Gasteiger partial charge is 0.506 e. The Morgan fingerprint density at radius 2 is 2.00 bits per heavy atom. The fraction of sp³-hybridized carbons (Fsp3) is 0.333. The molecule has 3 nitrogen and oxygen atoms in total. The average molecular weight is 166 g/mol. The van der Waals surface area contributed by atoms with Crippen LogP contribution in [0.1, 0.15) is 0 Å². The van der Waals surface area contributed by atoms with Gasteiger partial charge >= 0.3 is 0 Å². The molecule has 0 aliphatic carbocycles. The van der Waals surface area contributed by atoms with Gasteiger partial charge in [0, 0.05) is 0 Å². The van der Waals surface area contributed by atoms with E-state index < -0.39 is 0 Å². The molecular weight excluding hydrogens is 152 g/mol. The van der Waals surface area contributed by atoms with E-state index in [0.29, 0.717) is 5.75 Å². The molecule has 0 unspecified atom stereocenters. The number of aromatic hydroxyl groups is 1. The molecule has 0 radical (unpaired) electrons. The first kappa shape index (κ1) is 8.87. The van der Waals surface area contributed by atoms with E-state index in [1.165, 1.54) is 0 Å². The quantitative estimate of drug-likeness (QED) is 0.525. The first-order valence-corrected chi connectivity index (χ1v) is 3.87. The first-order valence-electron chi connectivity index (χ1n) is 3.87. The molecule has 2 N–H and O–H groups in total. The maximum Gasteiger partial charge on any atom is 0.138 e. The van der Waals surface area contributed by atoms with Gasteiger partial charge in [-0.05, 0) is 26.2 Å². The lowest BCUT2D eigenvalue weighted by atomic mass is 10.3. The maximum absolute atomic E-state index is 9.34. The van der Waals surface area contributed by atoms with Gasteiger partial charge in [0.15, 0.2) is 0 Å². The lowest BCUT2D eigenvalue weighted by Gasteiger charge is -2.12. The van der Waals surface area contributed by atoms with Crippen LogP contribution < -0.4 is 5.32 Å². The standard InChI is InChI=1S/C9H14N2O/c1-11(2)7-10-8-5-3-4-6-9(8)12/h3-6,10,12H,7H2,1-2H3. The SMILES string of the molecule is CN(C)CNc1ccccc1O. The van der Waals surface area contributed by atoms with Gasteiger partial charge < -0.3 is 10.4 Å². The highest BCUT2D eigenvalue weighted by Crippen LogP contribution is 2.20. The summed E-state index contributed by atoms with van der Waals surface area (Å²) in [6.07, 6.45) is 0. The molecule has 0 saturated carbocycles. The van der Waals surface area contributed by atoms with Crippen LogP contribution in [0.5, 0.6) is 5.75 Å². The normalized spacial score (nSPS) is 10.2. The van der Waals surface area contributed by atoms with Gasteiger partial charge in [-0.3, -0.25) is 4.90 Å². The van der Waals surface area contributed by atoms with Gasteiger partial charge in [0.1, 0.15) is 5.75 Å². The third-order valence-electron chi connectivity index (χ3n) is 1.49. The van der Waals surface area contributed by atoms with Crippen molar-refractivity contribution in [2.24, 2.45) is 0 Å². The Balaban J connectivity index is 2.57. The van der Waals surface area contributed by atoms with Gasteiger partial charge in [0.25, 0.3) is 0 Å². The summed E-state index contributed by atoms with van der Waals surface area (Å²) >= 11 is 0. The molecule has 66 valence electrons. The Bertz CT molecular complexity index is 248. The van der Waals surface area contributed by atoms with Gasteiger partial charge in [-0.15, -0.1) is 0 Å². The van der Waals surface area contributed by atoms with E-state index in [4.69, 9.17) is 0 Å². The summed E-state index contributed by atoms with van der Waals surface area (Å²) in [6, 6.07) is 7.20. The molecule has 0 bridgehead atoms. The minimum Gasteiger partial charge on any atom is -0.506 e. The van der Waals surface area contributed by atoms with Crippen molar-refractivity contribution < 1.29 is 5.11 Å². The third kappa shape index (κ3) is 2.43. The number of phenolic OH excluding ortho intramolecular Hbond substituents is 1. The lowest BCUT2D eigenvalue weighted by Crippen LogP contribution is -2.20. The zero-order valence-corrected chi connectivity index (χ0v) is 7.41. The smallest absolute Gasteiger partial charge is 0.138 e. The van der Waals surface area contributed by atoms with E-state index in [-0.39, 0.29) is 0 Å². The zero-order valence-electron chi connectivity index (χ0n) is 7.41. The van der Waals surface area contributed by atoms with Crippen LogP contribution in [0.4, 0.5) is 5.69 Å². The zero-order chi connectivity index (χ0) is 8.97. The molecule has 0 saturated heterocycles.